The smallest absolute Gasteiger partial charge is 0.248 e. The molecule has 7 nitrogen and oxygen atoms in total. The number of nitrogen functional groups attached to an aromatic ring is 1. The molecule has 2 unspecified atom stereocenters. The first-order valence-corrected chi connectivity index (χ1v) is 7.47. The van der Waals surface area contributed by atoms with Crippen molar-refractivity contribution >= 4 is 15.8 Å². The molecule has 2 aliphatic rings. The van der Waals surface area contributed by atoms with Crippen molar-refractivity contribution in [2.45, 2.75) is 36.3 Å². The summed E-state index contributed by atoms with van der Waals surface area (Å²) < 4.78 is 32.2. The Hall–Kier alpha value is -1.12. The van der Waals surface area contributed by atoms with Gasteiger partial charge in [-0.1, -0.05) is 0 Å². The number of morpholine rings is 1. The maximum absolute atomic E-state index is 12.5. The normalized spacial score (nSPS) is 29.3. The molecule has 0 aromatic carbocycles. The maximum Gasteiger partial charge on any atom is 0.248 e. The topological polar surface area (TPSA) is 101 Å². The lowest BCUT2D eigenvalue weighted by Crippen LogP contribution is -2.51. The number of fused-ring (bicyclic) bond motifs is 1. The fraction of sp³-hybridized carbons (Fsp3) is 0.700. The maximum atomic E-state index is 12.5. The van der Waals surface area contributed by atoms with E-state index in [9.17, 15) is 8.42 Å². The van der Waals surface area contributed by atoms with E-state index in [1.165, 1.54) is 10.5 Å². The Labute approximate surface area is 105 Å². The van der Waals surface area contributed by atoms with Crippen LogP contribution in [0.1, 0.15) is 19.3 Å². The Bertz CT molecular complexity index is 541. The van der Waals surface area contributed by atoms with Crippen LogP contribution in [-0.2, 0) is 14.8 Å². The largest absolute Gasteiger partial charge is 0.383 e. The van der Waals surface area contributed by atoms with Gasteiger partial charge in [0.1, 0.15) is 10.7 Å². The standard InChI is InChI=1S/C10H16N4O3S/c11-10-9(6-12-13-10)18(15,16)14-4-5-17-8-3-1-2-7(8)14/h6-8H,1-5H2,(H3,11,12,13). The Morgan fingerprint density at radius 2 is 2.33 bits per heavy atom. The molecule has 0 bridgehead atoms. The molecule has 1 aliphatic carbocycles. The molecule has 1 aromatic rings. The molecular formula is C10H16N4O3S. The Morgan fingerprint density at radius 1 is 1.50 bits per heavy atom. The van der Waals surface area contributed by atoms with Crippen LogP contribution in [0.2, 0.25) is 0 Å². The van der Waals surface area contributed by atoms with Gasteiger partial charge in [0, 0.05) is 6.54 Å². The molecule has 3 rings (SSSR count). The minimum Gasteiger partial charge on any atom is -0.383 e. The van der Waals surface area contributed by atoms with Crippen LogP contribution in [0.3, 0.4) is 0 Å². The number of nitrogens with zero attached hydrogens (tertiary/aromatic N) is 2. The van der Waals surface area contributed by atoms with E-state index < -0.39 is 10.0 Å². The van der Waals surface area contributed by atoms with Gasteiger partial charge in [-0.25, -0.2) is 8.42 Å². The molecule has 1 saturated heterocycles. The van der Waals surface area contributed by atoms with Gasteiger partial charge in [0.25, 0.3) is 0 Å². The molecule has 0 spiro atoms. The Balaban J connectivity index is 1.96. The summed E-state index contributed by atoms with van der Waals surface area (Å²) >= 11 is 0. The van der Waals surface area contributed by atoms with Gasteiger partial charge >= 0.3 is 0 Å². The first-order valence-electron chi connectivity index (χ1n) is 6.03. The van der Waals surface area contributed by atoms with Gasteiger partial charge in [0.15, 0.2) is 0 Å². The number of aromatic nitrogens is 2. The highest BCUT2D eigenvalue weighted by molar-refractivity contribution is 7.89. The SMILES string of the molecule is Nc1[nH]ncc1S(=O)(=O)N1CCOC2CCCC21. The van der Waals surface area contributed by atoms with E-state index in [2.05, 4.69) is 10.2 Å². The third-order valence-electron chi connectivity index (χ3n) is 3.65. The second kappa shape index (κ2) is 4.22. The summed E-state index contributed by atoms with van der Waals surface area (Å²) in [4.78, 5) is 0.0649. The average molecular weight is 272 g/mol. The zero-order chi connectivity index (χ0) is 12.8. The summed E-state index contributed by atoms with van der Waals surface area (Å²) in [7, 11) is -3.57. The molecule has 0 amide bonds. The van der Waals surface area contributed by atoms with Gasteiger partial charge in [-0.2, -0.15) is 9.40 Å². The van der Waals surface area contributed by atoms with Crippen molar-refractivity contribution in [1.29, 1.82) is 0 Å². The fourth-order valence-corrected chi connectivity index (χ4v) is 4.48. The third-order valence-corrected chi connectivity index (χ3v) is 5.60. The van der Waals surface area contributed by atoms with Gasteiger partial charge in [-0.05, 0) is 19.3 Å². The summed E-state index contributed by atoms with van der Waals surface area (Å²) in [5.74, 6) is 0.0936. The summed E-state index contributed by atoms with van der Waals surface area (Å²) in [5.41, 5.74) is 5.62. The van der Waals surface area contributed by atoms with Crippen LogP contribution in [0.25, 0.3) is 0 Å². The fourth-order valence-electron chi connectivity index (χ4n) is 2.81. The zero-order valence-electron chi connectivity index (χ0n) is 9.87. The second-order valence-corrected chi connectivity index (χ2v) is 6.53. The van der Waals surface area contributed by atoms with Crippen LogP contribution < -0.4 is 5.73 Å². The van der Waals surface area contributed by atoms with Crippen molar-refractivity contribution in [3.05, 3.63) is 6.20 Å². The lowest BCUT2D eigenvalue weighted by atomic mass is 10.2. The number of anilines is 1. The van der Waals surface area contributed by atoms with Crippen LogP contribution in [0.5, 0.6) is 0 Å². The van der Waals surface area contributed by atoms with Crippen LogP contribution in [-0.4, -0.2) is 48.2 Å². The number of hydrogen-bond donors (Lipinski definition) is 2. The summed E-state index contributed by atoms with van der Waals surface area (Å²) in [6.07, 6.45) is 4.08. The number of sulfonamides is 1. The molecule has 2 heterocycles. The van der Waals surface area contributed by atoms with Crippen molar-refractivity contribution in [3.63, 3.8) is 0 Å². The first kappa shape index (κ1) is 11.9. The highest BCUT2D eigenvalue weighted by atomic mass is 32.2. The number of aromatic amines is 1. The van der Waals surface area contributed by atoms with E-state index in [1.54, 1.807) is 0 Å². The zero-order valence-corrected chi connectivity index (χ0v) is 10.7. The van der Waals surface area contributed by atoms with Crippen molar-refractivity contribution in [3.8, 4) is 0 Å². The number of rotatable bonds is 2. The molecule has 100 valence electrons. The van der Waals surface area contributed by atoms with Crippen LogP contribution in [0.4, 0.5) is 5.82 Å². The quantitative estimate of drug-likeness (QED) is 0.785. The molecule has 2 fully saturated rings. The molecule has 18 heavy (non-hydrogen) atoms. The number of hydrogen-bond acceptors (Lipinski definition) is 5. The van der Waals surface area contributed by atoms with Crippen LogP contribution in [0, 0.1) is 0 Å². The van der Waals surface area contributed by atoms with E-state index in [-0.39, 0.29) is 22.9 Å². The van der Waals surface area contributed by atoms with Crippen LogP contribution >= 0.6 is 0 Å². The first-order chi connectivity index (χ1) is 8.60. The second-order valence-electron chi connectivity index (χ2n) is 4.67. The molecule has 0 radical (unpaired) electrons. The minimum absolute atomic E-state index is 0.0293. The van der Waals surface area contributed by atoms with Gasteiger partial charge in [-0.15, -0.1) is 0 Å². The van der Waals surface area contributed by atoms with E-state index in [0.717, 1.165) is 19.3 Å². The van der Waals surface area contributed by atoms with E-state index in [1.807, 2.05) is 0 Å². The highest BCUT2D eigenvalue weighted by Crippen LogP contribution is 2.34. The van der Waals surface area contributed by atoms with Crippen molar-refractivity contribution in [2.24, 2.45) is 0 Å². The van der Waals surface area contributed by atoms with Crippen LogP contribution in [0.15, 0.2) is 11.1 Å². The van der Waals surface area contributed by atoms with Gasteiger partial charge in [-0.3, -0.25) is 5.10 Å². The highest BCUT2D eigenvalue weighted by Gasteiger charge is 2.43. The van der Waals surface area contributed by atoms with Crippen molar-refractivity contribution < 1.29 is 13.2 Å². The Kier molecular flexibility index (Phi) is 2.80. The molecule has 1 aliphatic heterocycles. The van der Waals surface area contributed by atoms with E-state index >= 15 is 0 Å². The molecule has 1 aromatic heterocycles. The number of H-pyrrole nitrogens is 1. The molecular weight excluding hydrogens is 256 g/mol. The van der Waals surface area contributed by atoms with Crippen molar-refractivity contribution in [2.75, 3.05) is 18.9 Å². The van der Waals surface area contributed by atoms with E-state index in [0.29, 0.717) is 13.2 Å². The predicted molar refractivity (Wildman–Crippen MR) is 64.3 cm³/mol. The number of nitrogens with one attached hydrogen (secondary N) is 1. The van der Waals surface area contributed by atoms with Crippen molar-refractivity contribution in [1.82, 2.24) is 14.5 Å². The summed E-state index contributed by atoms with van der Waals surface area (Å²) in [6, 6.07) is -0.0574. The molecule has 8 heteroatoms. The van der Waals surface area contributed by atoms with Gasteiger partial charge < -0.3 is 10.5 Å². The number of nitrogens with two attached hydrogens (primary N) is 1. The van der Waals surface area contributed by atoms with E-state index in [4.69, 9.17) is 10.5 Å². The third kappa shape index (κ3) is 1.72. The molecule has 3 N–H and O–H groups in total. The lowest BCUT2D eigenvalue weighted by molar-refractivity contribution is -0.0241. The summed E-state index contributed by atoms with van der Waals surface area (Å²) in [5, 5.41) is 6.15. The minimum atomic E-state index is -3.57. The van der Waals surface area contributed by atoms with Gasteiger partial charge in [0.05, 0.1) is 24.9 Å². The molecule has 2 atom stereocenters. The summed E-state index contributed by atoms with van der Waals surface area (Å²) in [6.45, 7) is 0.826. The van der Waals surface area contributed by atoms with Gasteiger partial charge in [0.2, 0.25) is 10.0 Å². The Morgan fingerprint density at radius 3 is 3.06 bits per heavy atom. The lowest BCUT2D eigenvalue weighted by Gasteiger charge is -2.36. The predicted octanol–water partition coefficient (Wildman–Crippen LogP) is -0.0661. The average Bonchev–Trinajstić information content (AvgIpc) is 2.96. The molecule has 1 saturated carbocycles. The number of ether oxygens (including phenoxy) is 1. The monoisotopic (exact) mass is 272 g/mol.